The number of amides is 1. The summed E-state index contributed by atoms with van der Waals surface area (Å²) in [5.74, 6) is 2.02. The summed E-state index contributed by atoms with van der Waals surface area (Å²) in [5.41, 5.74) is 0.989. The average molecular weight is 327 g/mol. The molecule has 1 aliphatic heterocycles. The Hall–Kier alpha value is -2.53. The summed E-state index contributed by atoms with van der Waals surface area (Å²) < 4.78 is 17.1. The highest BCUT2D eigenvalue weighted by molar-refractivity contribution is 5.81. The molecular formula is C19H21NO4. The fourth-order valence-electron chi connectivity index (χ4n) is 2.60. The van der Waals surface area contributed by atoms with Crippen molar-refractivity contribution in [2.75, 3.05) is 19.8 Å². The molecule has 3 rings (SSSR count). The Morgan fingerprint density at radius 2 is 2.00 bits per heavy atom. The fourth-order valence-corrected chi connectivity index (χ4v) is 2.60. The van der Waals surface area contributed by atoms with E-state index in [9.17, 15) is 4.79 Å². The van der Waals surface area contributed by atoms with Crippen LogP contribution in [0.5, 0.6) is 17.2 Å². The molecule has 5 heteroatoms. The van der Waals surface area contributed by atoms with E-state index in [0.29, 0.717) is 43.4 Å². The van der Waals surface area contributed by atoms with E-state index >= 15 is 0 Å². The van der Waals surface area contributed by atoms with Crippen LogP contribution in [0.15, 0.2) is 48.5 Å². The van der Waals surface area contributed by atoms with Crippen LogP contribution < -0.4 is 14.8 Å². The molecule has 1 fully saturated rings. The molecule has 1 atom stereocenters. The maximum atomic E-state index is 11.8. The minimum absolute atomic E-state index is 0.0609. The Balaban J connectivity index is 1.72. The second kappa shape index (κ2) is 7.84. The topological polar surface area (TPSA) is 56.8 Å². The fraction of sp³-hybridized carbons (Fsp3) is 0.316. The van der Waals surface area contributed by atoms with Crippen molar-refractivity contribution in [1.82, 2.24) is 5.32 Å². The molecule has 2 aromatic rings. The number of hydrogen-bond donors (Lipinski definition) is 1. The van der Waals surface area contributed by atoms with Crippen LogP contribution >= 0.6 is 0 Å². The first-order valence-electron chi connectivity index (χ1n) is 8.14. The molecular weight excluding hydrogens is 306 g/mol. The smallest absolute Gasteiger partial charge is 0.249 e. The Labute approximate surface area is 141 Å². The number of para-hydroxylation sites is 2. The molecule has 1 N–H and O–H groups in total. The minimum atomic E-state index is -0.440. The van der Waals surface area contributed by atoms with Crippen molar-refractivity contribution in [3.63, 3.8) is 0 Å². The summed E-state index contributed by atoms with van der Waals surface area (Å²) in [4.78, 5) is 11.8. The third-order valence-corrected chi connectivity index (χ3v) is 3.71. The van der Waals surface area contributed by atoms with Crippen molar-refractivity contribution >= 4 is 5.91 Å². The van der Waals surface area contributed by atoms with Gasteiger partial charge in [0, 0.05) is 13.0 Å². The van der Waals surface area contributed by atoms with Gasteiger partial charge in [-0.05, 0) is 36.8 Å². The Bertz CT molecular complexity index is 701. The molecule has 0 bridgehead atoms. The van der Waals surface area contributed by atoms with Gasteiger partial charge in [0.1, 0.15) is 11.9 Å². The van der Waals surface area contributed by atoms with E-state index in [1.807, 2.05) is 55.5 Å². The van der Waals surface area contributed by atoms with Crippen molar-refractivity contribution in [2.45, 2.75) is 19.4 Å². The third kappa shape index (κ3) is 4.06. The van der Waals surface area contributed by atoms with Gasteiger partial charge in [-0.25, -0.2) is 0 Å². The maximum absolute atomic E-state index is 11.8. The number of rotatable bonds is 6. The zero-order valence-electron chi connectivity index (χ0n) is 13.7. The molecule has 0 aliphatic carbocycles. The highest BCUT2D eigenvalue weighted by Gasteiger charge is 2.23. The summed E-state index contributed by atoms with van der Waals surface area (Å²) >= 11 is 0. The molecule has 5 nitrogen and oxygen atoms in total. The van der Waals surface area contributed by atoms with Gasteiger partial charge in [0.05, 0.1) is 13.2 Å². The van der Waals surface area contributed by atoms with Crippen LogP contribution in [0.25, 0.3) is 0 Å². The summed E-state index contributed by atoms with van der Waals surface area (Å²) in [5, 5.41) is 2.82. The van der Waals surface area contributed by atoms with E-state index in [1.165, 1.54) is 0 Å². The lowest BCUT2D eigenvalue weighted by atomic mass is 10.1. The first-order valence-corrected chi connectivity index (χ1v) is 8.14. The van der Waals surface area contributed by atoms with Gasteiger partial charge in [0.15, 0.2) is 11.5 Å². The second-order valence-electron chi connectivity index (χ2n) is 5.48. The van der Waals surface area contributed by atoms with E-state index < -0.39 is 6.10 Å². The molecule has 0 saturated carbocycles. The number of ether oxygens (including phenoxy) is 3. The lowest BCUT2D eigenvalue weighted by Gasteiger charge is -2.22. The van der Waals surface area contributed by atoms with Gasteiger partial charge < -0.3 is 19.5 Å². The Morgan fingerprint density at radius 1 is 1.17 bits per heavy atom. The van der Waals surface area contributed by atoms with Gasteiger partial charge in [-0.3, -0.25) is 4.79 Å². The van der Waals surface area contributed by atoms with Crippen molar-refractivity contribution in [3.05, 3.63) is 54.1 Å². The number of morpholine rings is 1. The molecule has 0 aromatic heterocycles. The van der Waals surface area contributed by atoms with Crippen LogP contribution in [0.2, 0.25) is 0 Å². The standard InChI is InChI=1S/C19H21NO4/c1-2-22-16-8-3-4-9-17(16)24-15-7-5-6-14(12-15)13-18-19(21)20-10-11-23-18/h3-9,12,18H,2,10-11,13H2,1H3,(H,20,21). The van der Waals surface area contributed by atoms with Crippen LogP contribution in [0.1, 0.15) is 12.5 Å². The number of carbonyl (C=O) groups is 1. The second-order valence-corrected chi connectivity index (χ2v) is 5.48. The largest absolute Gasteiger partial charge is 0.490 e. The van der Waals surface area contributed by atoms with Gasteiger partial charge >= 0.3 is 0 Å². The van der Waals surface area contributed by atoms with Gasteiger partial charge in [0.2, 0.25) is 5.91 Å². The Kier molecular flexibility index (Phi) is 5.33. The van der Waals surface area contributed by atoms with E-state index in [2.05, 4.69) is 5.32 Å². The zero-order chi connectivity index (χ0) is 16.8. The van der Waals surface area contributed by atoms with E-state index in [1.54, 1.807) is 0 Å². The Morgan fingerprint density at radius 3 is 2.79 bits per heavy atom. The highest BCUT2D eigenvalue weighted by Crippen LogP contribution is 2.31. The van der Waals surface area contributed by atoms with Crippen LogP contribution in [0.3, 0.4) is 0 Å². The van der Waals surface area contributed by atoms with Crippen molar-refractivity contribution < 1.29 is 19.0 Å². The summed E-state index contributed by atoms with van der Waals surface area (Å²) in [6.45, 7) is 3.64. The van der Waals surface area contributed by atoms with Gasteiger partial charge in [-0.15, -0.1) is 0 Å². The summed E-state index contributed by atoms with van der Waals surface area (Å²) in [7, 11) is 0. The number of hydrogen-bond acceptors (Lipinski definition) is 4. The van der Waals surface area contributed by atoms with Crippen molar-refractivity contribution in [1.29, 1.82) is 0 Å². The molecule has 1 unspecified atom stereocenters. The molecule has 1 aliphatic rings. The van der Waals surface area contributed by atoms with Gasteiger partial charge in [0.25, 0.3) is 0 Å². The predicted molar refractivity (Wildman–Crippen MR) is 90.6 cm³/mol. The van der Waals surface area contributed by atoms with Crippen LogP contribution in [-0.2, 0) is 16.0 Å². The molecule has 1 amide bonds. The SMILES string of the molecule is CCOc1ccccc1Oc1cccc(CC2OCCNC2=O)c1. The quantitative estimate of drug-likeness (QED) is 0.886. The lowest BCUT2D eigenvalue weighted by molar-refractivity contribution is -0.137. The van der Waals surface area contributed by atoms with Gasteiger partial charge in [-0.2, -0.15) is 0 Å². The number of carbonyl (C=O) groups excluding carboxylic acids is 1. The van der Waals surface area contributed by atoms with E-state index in [4.69, 9.17) is 14.2 Å². The average Bonchev–Trinajstić information content (AvgIpc) is 2.59. The predicted octanol–water partition coefficient (Wildman–Crippen LogP) is 2.94. The van der Waals surface area contributed by atoms with Crippen molar-refractivity contribution in [2.24, 2.45) is 0 Å². The maximum Gasteiger partial charge on any atom is 0.249 e. The molecule has 2 aromatic carbocycles. The van der Waals surface area contributed by atoms with Gasteiger partial charge in [-0.1, -0.05) is 24.3 Å². The summed E-state index contributed by atoms with van der Waals surface area (Å²) in [6.07, 6.45) is 0.0839. The van der Waals surface area contributed by atoms with Crippen molar-refractivity contribution in [3.8, 4) is 17.2 Å². The minimum Gasteiger partial charge on any atom is -0.490 e. The molecule has 24 heavy (non-hydrogen) atoms. The van der Waals surface area contributed by atoms with Crippen LogP contribution in [0, 0.1) is 0 Å². The number of benzene rings is 2. The van der Waals surface area contributed by atoms with E-state index in [0.717, 1.165) is 5.56 Å². The highest BCUT2D eigenvalue weighted by atomic mass is 16.5. The first kappa shape index (κ1) is 16.3. The molecule has 0 spiro atoms. The zero-order valence-corrected chi connectivity index (χ0v) is 13.7. The third-order valence-electron chi connectivity index (χ3n) is 3.71. The molecule has 126 valence electrons. The first-order chi connectivity index (χ1) is 11.8. The molecule has 0 radical (unpaired) electrons. The van der Waals surface area contributed by atoms with Crippen LogP contribution in [-0.4, -0.2) is 31.8 Å². The lowest BCUT2D eigenvalue weighted by Crippen LogP contribution is -2.45. The molecule has 1 heterocycles. The summed E-state index contributed by atoms with van der Waals surface area (Å²) in [6, 6.07) is 15.2. The van der Waals surface area contributed by atoms with E-state index in [-0.39, 0.29) is 5.91 Å². The molecule has 1 saturated heterocycles. The number of nitrogens with one attached hydrogen (secondary N) is 1. The normalized spacial score (nSPS) is 17.2. The van der Waals surface area contributed by atoms with Crippen LogP contribution in [0.4, 0.5) is 0 Å². The monoisotopic (exact) mass is 327 g/mol.